The number of hydrogen-bond donors (Lipinski definition) is 1. The zero-order valence-electron chi connectivity index (χ0n) is 20.3. The average molecular weight is 531 g/mol. The van der Waals surface area contributed by atoms with E-state index in [0.29, 0.717) is 20.9 Å². The van der Waals surface area contributed by atoms with E-state index in [4.69, 9.17) is 4.74 Å². The Bertz CT molecular complexity index is 1650. The second-order valence-corrected chi connectivity index (χ2v) is 12.6. The lowest BCUT2D eigenvalue weighted by Gasteiger charge is -2.27. The van der Waals surface area contributed by atoms with Crippen molar-refractivity contribution in [1.29, 1.82) is 0 Å². The molecule has 7 heteroatoms. The first-order valence-corrected chi connectivity index (χ1v) is 14.7. The first kappa shape index (κ1) is 24.0. The summed E-state index contributed by atoms with van der Waals surface area (Å²) in [6.07, 6.45) is 3.30. The van der Waals surface area contributed by atoms with Crippen LogP contribution in [0.3, 0.4) is 0 Å². The molecule has 1 amide bonds. The van der Waals surface area contributed by atoms with E-state index < -0.39 is 7.05 Å². The molecule has 0 atom stereocenters. The number of fused-ring (bicyclic) bond motifs is 1. The molecule has 2 heterocycles. The smallest absolute Gasteiger partial charge is 0.268 e. The van der Waals surface area contributed by atoms with E-state index in [1.807, 2.05) is 84.9 Å². The molecule has 4 aromatic carbocycles. The predicted molar refractivity (Wildman–Crippen MR) is 159 cm³/mol. The standard InChI is InChI=1S/C31H23N4OPS/c36-30(34-23-13-5-1-6-14-23)29-27(28-31(38-29)33-22-21-32-28)35-37(24-15-7-2-8-16-24,25-17-9-3-10-18-25)26-19-11-4-12-20-26/h1-22H,(H,34,36). The Labute approximate surface area is 224 Å². The number of rotatable bonds is 6. The van der Waals surface area contributed by atoms with Gasteiger partial charge in [-0.15, -0.1) is 11.3 Å². The van der Waals surface area contributed by atoms with Crippen LogP contribution in [0.2, 0.25) is 0 Å². The topological polar surface area (TPSA) is 67.2 Å². The van der Waals surface area contributed by atoms with Gasteiger partial charge in [0, 0.05) is 34.0 Å². The van der Waals surface area contributed by atoms with Gasteiger partial charge in [0.25, 0.3) is 5.91 Å². The van der Waals surface area contributed by atoms with Crippen LogP contribution in [0.5, 0.6) is 0 Å². The van der Waals surface area contributed by atoms with E-state index in [9.17, 15) is 4.79 Å². The third-order valence-electron chi connectivity index (χ3n) is 6.18. The van der Waals surface area contributed by atoms with E-state index in [0.717, 1.165) is 21.6 Å². The molecule has 0 fully saturated rings. The fraction of sp³-hybridized carbons (Fsp3) is 0. The fourth-order valence-electron chi connectivity index (χ4n) is 4.47. The number of amides is 1. The summed E-state index contributed by atoms with van der Waals surface area (Å²) in [4.78, 5) is 24.0. The van der Waals surface area contributed by atoms with Gasteiger partial charge in [0.05, 0.1) is 7.05 Å². The van der Waals surface area contributed by atoms with Gasteiger partial charge in [-0.05, 0) is 12.1 Å². The molecular weight excluding hydrogens is 507 g/mol. The number of hydrogen-bond acceptors (Lipinski definition) is 5. The maximum Gasteiger partial charge on any atom is 0.268 e. The van der Waals surface area contributed by atoms with Gasteiger partial charge in [-0.25, -0.2) is 14.7 Å². The Hall–Kier alpha value is -4.38. The number of thiophene rings is 1. The summed E-state index contributed by atoms with van der Waals surface area (Å²) in [6, 6.07) is 40.5. The van der Waals surface area contributed by atoms with Crippen LogP contribution in [0.15, 0.2) is 138 Å². The van der Waals surface area contributed by atoms with Crippen molar-refractivity contribution < 1.29 is 4.79 Å². The molecule has 6 rings (SSSR count). The van der Waals surface area contributed by atoms with Crippen molar-refractivity contribution in [3.05, 3.63) is 139 Å². The van der Waals surface area contributed by atoms with Gasteiger partial charge in [-0.1, -0.05) is 109 Å². The molecule has 5 nitrogen and oxygen atoms in total. The second-order valence-electron chi connectivity index (χ2n) is 8.55. The Morgan fingerprint density at radius 2 is 1.13 bits per heavy atom. The van der Waals surface area contributed by atoms with Crippen molar-refractivity contribution in [1.82, 2.24) is 9.97 Å². The molecule has 38 heavy (non-hydrogen) atoms. The minimum absolute atomic E-state index is 0.230. The summed E-state index contributed by atoms with van der Waals surface area (Å²) in [5, 5.41) is 6.31. The summed E-state index contributed by atoms with van der Waals surface area (Å²) in [5.74, 6) is -0.230. The summed E-state index contributed by atoms with van der Waals surface area (Å²) < 4.78 is 5.61. The van der Waals surface area contributed by atoms with Crippen LogP contribution in [-0.4, -0.2) is 15.9 Å². The van der Waals surface area contributed by atoms with Crippen molar-refractivity contribution in [3.8, 4) is 0 Å². The van der Waals surface area contributed by atoms with Crippen LogP contribution in [0.4, 0.5) is 11.4 Å². The molecule has 2 aromatic heterocycles. The van der Waals surface area contributed by atoms with Crippen LogP contribution < -0.4 is 21.2 Å². The van der Waals surface area contributed by atoms with Gasteiger partial charge < -0.3 is 5.32 Å². The Kier molecular flexibility index (Phi) is 6.65. The van der Waals surface area contributed by atoms with Gasteiger partial charge >= 0.3 is 0 Å². The number of anilines is 1. The van der Waals surface area contributed by atoms with E-state index in [1.165, 1.54) is 11.3 Å². The highest BCUT2D eigenvalue weighted by molar-refractivity contribution is 7.87. The Morgan fingerprint density at radius 3 is 1.66 bits per heavy atom. The second kappa shape index (κ2) is 10.5. The first-order valence-electron chi connectivity index (χ1n) is 12.1. The van der Waals surface area contributed by atoms with Crippen molar-refractivity contribution in [2.75, 3.05) is 5.32 Å². The molecule has 0 saturated carbocycles. The molecule has 184 valence electrons. The highest BCUT2D eigenvalue weighted by Crippen LogP contribution is 2.52. The van der Waals surface area contributed by atoms with E-state index in [2.05, 4.69) is 51.7 Å². The average Bonchev–Trinajstić information content (AvgIpc) is 3.36. The lowest BCUT2D eigenvalue weighted by molar-refractivity contribution is 0.103. The van der Waals surface area contributed by atoms with Crippen LogP contribution >= 0.6 is 18.4 Å². The van der Waals surface area contributed by atoms with Crippen LogP contribution in [0.25, 0.3) is 10.3 Å². The summed E-state index contributed by atoms with van der Waals surface area (Å²) >= 11 is 1.32. The van der Waals surface area contributed by atoms with Crippen LogP contribution in [0.1, 0.15) is 9.67 Å². The number of benzene rings is 4. The molecule has 0 aliphatic heterocycles. The summed E-state index contributed by atoms with van der Waals surface area (Å²) in [5.41, 5.74) is 1.91. The lowest BCUT2D eigenvalue weighted by atomic mass is 10.3. The monoisotopic (exact) mass is 530 g/mol. The molecule has 6 aromatic rings. The van der Waals surface area contributed by atoms with Crippen LogP contribution in [0, 0.1) is 0 Å². The van der Waals surface area contributed by atoms with E-state index >= 15 is 0 Å². The Balaban J connectivity index is 1.69. The maximum atomic E-state index is 13.7. The minimum atomic E-state index is -2.61. The number of carbonyl (C=O) groups is 1. The maximum absolute atomic E-state index is 13.7. The van der Waals surface area contributed by atoms with Crippen molar-refractivity contribution in [3.63, 3.8) is 0 Å². The lowest BCUT2D eigenvalue weighted by Crippen LogP contribution is -2.25. The number of carbonyl (C=O) groups excluding carboxylic acids is 1. The van der Waals surface area contributed by atoms with Gasteiger partial charge in [0.2, 0.25) is 0 Å². The molecule has 0 unspecified atom stereocenters. The third-order valence-corrected chi connectivity index (χ3v) is 10.9. The highest BCUT2D eigenvalue weighted by atomic mass is 32.1. The van der Waals surface area contributed by atoms with Gasteiger partial charge in [0.1, 0.15) is 20.9 Å². The molecule has 0 bridgehead atoms. The number of aromatic nitrogens is 2. The van der Waals surface area contributed by atoms with Gasteiger partial charge in [-0.2, -0.15) is 0 Å². The zero-order chi connectivity index (χ0) is 25.8. The van der Waals surface area contributed by atoms with Crippen molar-refractivity contribution in [2.24, 2.45) is 4.74 Å². The number of para-hydroxylation sites is 1. The molecular formula is C31H23N4OPS. The van der Waals surface area contributed by atoms with Gasteiger partial charge in [0.15, 0.2) is 0 Å². The van der Waals surface area contributed by atoms with E-state index in [1.54, 1.807) is 12.4 Å². The quantitative estimate of drug-likeness (QED) is 0.242. The van der Waals surface area contributed by atoms with Gasteiger partial charge in [-0.3, -0.25) is 4.79 Å². The zero-order valence-corrected chi connectivity index (χ0v) is 22.0. The molecule has 0 saturated heterocycles. The third kappa shape index (κ3) is 4.45. The Morgan fingerprint density at radius 1 is 0.658 bits per heavy atom. The molecule has 0 aliphatic carbocycles. The molecule has 0 radical (unpaired) electrons. The highest BCUT2D eigenvalue weighted by Gasteiger charge is 2.30. The van der Waals surface area contributed by atoms with Crippen LogP contribution in [-0.2, 0) is 0 Å². The molecule has 0 aliphatic rings. The van der Waals surface area contributed by atoms with Crippen molar-refractivity contribution >= 4 is 61.9 Å². The number of nitrogens with one attached hydrogen (secondary N) is 1. The fourth-order valence-corrected chi connectivity index (χ4v) is 9.02. The molecule has 0 spiro atoms. The summed E-state index contributed by atoms with van der Waals surface area (Å²) in [7, 11) is -2.61. The molecule has 1 N–H and O–H groups in total. The van der Waals surface area contributed by atoms with E-state index in [-0.39, 0.29) is 5.91 Å². The number of nitrogens with zero attached hydrogens (tertiary/aromatic N) is 3. The van der Waals surface area contributed by atoms with Crippen molar-refractivity contribution in [2.45, 2.75) is 0 Å². The normalized spacial score (nSPS) is 11.3. The SMILES string of the molecule is O=C(Nc1ccccc1)c1sc2nccnc2c1N=P(c1ccccc1)(c1ccccc1)c1ccccc1. The largest absolute Gasteiger partial charge is 0.321 e. The summed E-state index contributed by atoms with van der Waals surface area (Å²) in [6.45, 7) is 0. The minimum Gasteiger partial charge on any atom is -0.321 e. The first-order chi connectivity index (χ1) is 18.8. The predicted octanol–water partition coefficient (Wildman–Crippen LogP) is 6.75.